The first-order chi connectivity index (χ1) is 14.0. The van der Waals surface area contributed by atoms with Crippen LogP contribution in [0.2, 0.25) is 5.02 Å². The molecule has 3 rings (SSSR count). The molecule has 0 aliphatic carbocycles. The number of carbonyl (C=O) groups is 1. The zero-order valence-electron chi connectivity index (χ0n) is 15.0. The van der Waals surface area contributed by atoms with Crippen LogP contribution in [-0.2, 0) is 4.79 Å². The van der Waals surface area contributed by atoms with E-state index in [1.165, 1.54) is 18.5 Å². The van der Waals surface area contributed by atoms with Crippen molar-refractivity contribution < 1.29 is 13.9 Å². The molecule has 7 nitrogen and oxygen atoms in total. The van der Waals surface area contributed by atoms with Gasteiger partial charge in [0.15, 0.2) is 0 Å². The van der Waals surface area contributed by atoms with Crippen LogP contribution in [0.5, 0.6) is 11.6 Å². The number of nitrogens with one attached hydrogen (secondary N) is 2. The van der Waals surface area contributed by atoms with E-state index in [9.17, 15) is 9.18 Å². The van der Waals surface area contributed by atoms with E-state index in [-0.39, 0.29) is 22.8 Å². The van der Waals surface area contributed by atoms with E-state index in [1.54, 1.807) is 42.5 Å². The highest BCUT2D eigenvalue weighted by Crippen LogP contribution is 2.29. The molecule has 29 heavy (non-hydrogen) atoms. The molecule has 1 aromatic heterocycles. The Balaban J connectivity index is 1.72. The smallest absolute Gasteiger partial charge is 0.247 e. The summed E-state index contributed by atoms with van der Waals surface area (Å²) in [5, 5.41) is 6.71. The van der Waals surface area contributed by atoms with E-state index in [1.807, 2.05) is 0 Å². The van der Waals surface area contributed by atoms with Gasteiger partial charge in [-0.2, -0.15) is 10.1 Å². The van der Waals surface area contributed by atoms with Crippen LogP contribution in [-0.4, -0.2) is 22.1 Å². The number of carbonyl (C=O) groups excluding carboxylic acids is 1. The maximum Gasteiger partial charge on any atom is 0.247 e. The molecule has 1 amide bonds. The monoisotopic (exact) mass is 411 g/mol. The van der Waals surface area contributed by atoms with Gasteiger partial charge in [-0.1, -0.05) is 42.4 Å². The van der Waals surface area contributed by atoms with Gasteiger partial charge in [0.1, 0.15) is 16.6 Å². The van der Waals surface area contributed by atoms with Crippen molar-refractivity contribution in [3.05, 3.63) is 83.8 Å². The summed E-state index contributed by atoms with van der Waals surface area (Å²) >= 11 is 6.09. The second-order valence-corrected chi connectivity index (χ2v) is 5.97. The van der Waals surface area contributed by atoms with Gasteiger partial charge in [0.05, 0.1) is 12.4 Å². The zero-order chi connectivity index (χ0) is 20.6. The standard InChI is InChI=1S/C20H15ClFN5O2/c1-2-18(28)25-14-7-5-8-15(10-14)29-19-16(21)12-23-20(26-19)27-24-11-13-6-3-4-9-17(13)22/h2-12H,1H2,(H,25,28)(H,23,26,27)/b24-11+. The Labute approximate surface area is 170 Å². The number of hydrogen-bond acceptors (Lipinski definition) is 6. The molecule has 3 aromatic rings. The number of aromatic nitrogens is 2. The summed E-state index contributed by atoms with van der Waals surface area (Å²) < 4.78 is 19.3. The molecule has 0 bridgehead atoms. The Morgan fingerprint density at radius 2 is 2.07 bits per heavy atom. The van der Waals surface area contributed by atoms with Crippen LogP contribution in [0.1, 0.15) is 5.56 Å². The van der Waals surface area contributed by atoms with E-state index < -0.39 is 5.82 Å². The summed E-state index contributed by atoms with van der Waals surface area (Å²) in [5.41, 5.74) is 3.42. The number of halogens is 2. The molecule has 0 saturated carbocycles. The molecule has 0 spiro atoms. The van der Waals surface area contributed by atoms with Crippen LogP contribution >= 0.6 is 11.6 Å². The Morgan fingerprint density at radius 1 is 1.24 bits per heavy atom. The lowest BCUT2D eigenvalue weighted by Crippen LogP contribution is -2.07. The predicted molar refractivity (Wildman–Crippen MR) is 110 cm³/mol. The Hall–Kier alpha value is -3.78. The topological polar surface area (TPSA) is 88.5 Å². The second-order valence-electron chi connectivity index (χ2n) is 5.56. The Morgan fingerprint density at radius 3 is 2.86 bits per heavy atom. The molecule has 0 unspecified atom stereocenters. The van der Waals surface area contributed by atoms with Gasteiger partial charge in [-0.25, -0.2) is 14.8 Å². The SMILES string of the molecule is C=CC(=O)Nc1cccc(Oc2nc(N/N=C/c3ccccc3F)ncc2Cl)c1. The van der Waals surface area contributed by atoms with Crippen LogP contribution < -0.4 is 15.5 Å². The number of rotatable bonds is 7. The number of amides is 1. The molecule has 0 fully saturated rings. The highest BCUT2D eigenvalue weighted by atomic mass is 35.5. The van der Waals surface area contributed by atoms with Crippen molar-refractivity contribution >= 4 is 35.4 Å². The molecular weight excluding hydrogens is 397 g/mol. The average Bonchev–Trinajstić information content (AvgIpc) is 2.72. The first kappa shape index (κ1) is 20.0. The fourth-order valence-corrected chi connectivity index (χ4v) is 2.29. The van der Waals surface area contributed by atoms with Gasteiger partial charge >= 0.3 is 0 Å². The molecule has 0 aliphatic rings. The quantitative estimate of drug-likeness (QED) is 0.336. The van der Waals surface area contributed by atoms with Crippen LogP contribution in [0, 0.1) is 5.82 Å². The van der Waals surface area contributed by atoms with E-state index in [2.05, 4.69) is 32.4 Å². The van der Waals surface area contributed by atoms with Crippen molar-refractivity contribution in [3.8, 4) is 11.6 Å². The van der Waals surface area contributed by atoms with Gasteiger partial charge in [0.2, 0.25) is 17.7 Å². The molecule has 146 valence electrons. The molecule has 2 aromatic carbocycles. The summed E-state index contributed by atoms with van der Waals surface area (Å²) in [6.07, 6.45) is 3.81. The van der Waals surface area contributed by atoms with E-state index in [4.69, 9.17) is 16.3 Å². The highest BCUT2D eigenvalue weighted by Gasteiger charge is 2.09. The van der Waals surface area contributed by atoms with Gasteiger partial charge in [0, 0.05) is 17.3 Å². The van der Waals surface area contributed by atoms with Gasteiger partial charge in [-0.3, -0.25) is 4.79 Å². The number of ether oxygens (including phenoxy) is 1. The van der Waals surface area contributed by atoms with E-state index in [0.717, 1.165) is 6.08 Å². The van der Waals surface area contributed by atoms with Crippen LogP contribution in [0.4, 0.5) is 16.0 Å². The Bertz CT molecular complexity index is 1070. The zero-order valence-corrected chi connectivity index (χ0v) is 15.7. The minimum Gasteiger partial charge on any atom is -0.437 e. The van der Waals surface area contributed by atoms with E-state index >= 15 is 0 Å². The lowest BCUT2D eigenvalue weighted by Gasteiger charge is -2.09. The third-order valence-electron chi connectivity index (χ3n) is 3.49. The maximum atomic E-state index is 13.6. The van der Waals surface area contributed by atoms with E-state index in [0.29, 0.717) is 17.0 Å². The van der Waals surface area contributed by atoms with Crippen molar-refractivity contribution in [3.63, 3.8) is 0 Å². The molecule has 1 heterocycles. The molecule has 0 saturated heterocycles. The lowest BCUT2D eigenvalue weighted by atomic mass is 10.2. The molecule has 0 aliphatic heterocycles. The summed E-state index contributed by atoms with van der Waals surface area (Å²) in [6.45, 7) is 3.40. The average molecular weight is 412 g/mol. The molecule has 9 heteroatoms. The third-order valence-corrected chi connectivity index (χ3v) is 3.75. The lowest BCUT2D eigenvalue weighted by molar-refractivity contribution is -0.111. The number of hydrazone groups is 1. The van der Waals surface area contributed by atoms with Crippen molar-refractivity contribution in [1.29, 1.82) is 0 Å². The minimum atomic E-state index is -0.400. The summed E-state index contributed by atoms with van der Waals surface area (Å²) in [5.74, 6) is -0.164. The summed E-state index contributed by atoms with van der Waals surface area (Å²) in [7, 11) is 0. The molecule has 2 N–H and O–H groups in total. The second kappa shape index (κ2) is 9.43. The van der Waals surface area contributed by atoms with Crippen LogP contribution in [0.25, 0.3) is 0 Å². The van der Waals surface area contributed by atoms with Gasteiger partial charge in [-0.15, -0.1) is 0 Å². The van der Waals surface area contributed by atoms with Gasteiger partial charge < -0.3 is 10.1 Å². The number of benzene rings is 2. The van der Waals surface area contributed by atoms with Crippen molar-refractivity contribution in [1.82, 2.24) is 9.97 Å². The minimum absolute atomic E-state index is 0.0810. The van der Waals surface area contributed by atoms with Crippen LogP contribution in [0.3, 0.4) is 0 Å². The predicted octanol–water partition coefficient (Wildman–Crippen LogP) is 4.63. The molecule has 0 atom stereocenters. The largest absolute Gasteiger partial charge is 0.437 e. The Kier molecular flexibility index (Phi) is 6.49. The third kappa shape index (κ3) is 5.60. The van der Waals surface area contributed by atoms with Gasteiger partial charge in [0.25, 0.3) is 0 Å². The first-order valence-corrected chi connectivity index (χ1v) is 8.70. The fourth-order valence-electron chi connectivity index (χ4n) is 2.16. The first-order valence-electron chi connectivity index (χ1n) is 8.32. The summed E-state index contributed by atoms with van der Waals surface area (Å²) in [6, 6.07) is 12.9. The normalized spacial score (nSPS) is 10.6. The number of hydrogen-bond donors (Lipinski definition) is 2. The highest BCUT2D eigenvalue weighted by molar-refractivity contribution is 6.31. The molecule has 0 radical (unpaired) electrons. The molecular formula is C20H15ClFN5O2. The number of nitrogens with zero attached hydrogens (tertiary/aromatic N) is 3. The number of anilines is 2. The van der Waals surface area contributed by atoms with Crippen molar-refractivity contribution in [2.75, 3.05) is 10.7 Å². The van der Waals surface area contributed by atoms with Crippen molar-refractivity contribution in [2.45, 2.75) is 0 Å². The maximum absolute atomic E-state index is 13.6. The van der Waals surface area contributed by atoms with Crippen LogP contribution in [0.15, 0.2) is 72.5 Å². The van der Waals surface area contributed by atoms with Gasteiger partial charge in [-0.05, 0) is 24.3 Å². The van der Waals surface area contributed by atoms with Crippen molar-refractivity contribution in [2.24, 2.45) is 5.10 Å². The fraction of sp³-hybridized carbons (Fsp3) is 0. The summed E-state index contributed by atoms with van der Waals surface area (Å²) in [4.78, 5) is 19.5.